The van der Waals surface area contributed by atoms with Crippen molar-refractivity contribution in [1.29, 1.82) is 0 Å². The fourth-order valence-electron chi connectivity index (χ4n) is 2.01. The van der Waals surface area contributed by atoms with Gasteiger partial charge in [0.05, 0.1) is 11.6 Å². The van der Waals surface area contributed by atoms with Gasteiger partial charge in [0.2, 0.25) is 0 Å². The zero-order valence-corrected chi connectivity index (χ0v) is 12.5. The molecule has 0 fully saturated rings. The van der Waals surface area contributed by atoms with Crippen LogP contribution in [0.1, 0.15) is 28.9 Å². The van der Waals surface area contributed by atoms with Gasteiger partial charge in [0, 0.05) is 5.02 Å². The first-order valence-corrected chi connectivity index (χ1v) is 6.98. The largest absolute Gasteiger partial charge is 0.488 e. The lowest BCUT2D eigenvalue weighted by Gasteiger charge is -2.15. The van der Waals surface area contributed by atoms with Gasteiger partial charge >= 0.3 is 7.12 Å². The van der Waals surface area contributed by atoms with Crippen molar-refractivity contribution < 1.29 is 19.2 Å². The molecule has 0 aliphatic heterocycles. The predicted molar refractivity (Wildman–Crippen MR) is 83.6 cm³/mol. The molecule has 0 aliphatic carbocycles. The second-order valence-corrected chi connectivity index (χ2v) is 5.30. The molecule has 1 amide bonds. The van der Waals surface area contributed by atoms with Crippen molar-refractivity contribution in [2.75, 3.05) is 0 Å². The van der Waals surface area contributed by atoms with Gasteiger partial charge in [0.25, 0.3) is 5.91 Å². The number of rotatable bonds is 4. The van der Waals surface area contributed by atoms with Gasteiger partial charge < -0.3 is 15.4 Å². The summed E-state index contributed by atoms with van der Waals surface area (Å²) in [4.78, 5) is 12.1. The Kier molecular flexibility index (Phi) is 5.18. The molecular formula is C15H14BClFNO3. The summed E-state index contributed by atoms with van der Waals surface area (Å²) in [5, 5.41) is 21.2. The summed E-state index contributed by atoms with van der Waals surface area (Å²) in [5.74, 6) is -1.41. The second-order valence-electron chi connectivity index (χ2n) is 4.86. The molecule has 0 radical (unpaired) electrons. The molecule has 0 aromatic heterocycles. The van der Waals surface area contributed by atoms with Crippen LogP contribution in [0.3, 0.4) is 0 Å². The van der Waals surface area contributed by atoms with Crippen LogP contribution in [-0.4, -0.2) is 23.1 Å². The lowest BCUT2D eigenvalue weighted by Crippen LogP contribution is -2.32. The molecule has 3 N–H and O–H groups in total. The van der Waals surface area contributed by atoms with Crippen LogP contribution >= 0.6 is 11.6 Å². The maximum atomic E-state index is 13.9. The number of hydrogen-bond acceptors (Lipinski definition) is 3. The van der Waals surface area contributed by atoms with Gasteiger partial charge in [0.15, 0.2) is 0 Å². The highest BCUT2D eigenvalue weighted by Crippen LogP contribution is 2.18. The lowest BCUT2D eigenvalue weighted by molar-refractivity contribution is 0.0936. The quantitative estimate of drug-likeness (QED) is 0.750. The van der Waals surface area contributed by atoms with Gasteiger partial charge in [-0.05, 0) is 42.2 Å². The van der Waals surface area contributed by atoms with E-state index in [9.17, 15) is 9.18 Å². The molecule has 0 saturated heterocycles. The highest BCUT2D eigenvalue weighted by Gasteiger charge is 2.18. The average Bonchev–Trinajstić information content (AvgIpc) is 2.46. The summed E-state index contributed by atoms with van der Waals surface area (Å²) in [6.45, 7) is 1.76. The van der Waals surface area contributed by atoms with Crippen LogP contribution in [0.25, 0.3) is 0 Å². The zero-order chi connectivity index (χ0) is 16.3. The van der Waals surface area contributed by atoms with Crippen molar-refractivity contribution in [2.24, 2.45) is 0 Å². The van der Waals surface area contributed by atoms with Crippen molar-refractivity contribution in [3.05, 3.63) is 64.4 Å². The van der Waals surface area contributed by atoms with E-state index in [-0.39, 0.29) is 17.1 Å². The van der Waals surface area contributed by atoms with Crippen molar-refractivity contribution in [3.8, 4) is 0 Å². The fraction of sp³-hybridized carbons (Fsp3) is 0.133. The Labute approximate surface area is 132 Å². The summed E-state index contributed by atoms with van der Waals surface area (Å²) in [5.41, 5.74) is 0.610. The Morgan fingerprint density at radius 2 is 2.00 bits per heavy atom. The second kappa shape index (κ2) is 6.92. The van der Waals surface area contributed by atoms with E-state index >= 15 is 0 Å². The molecule has 4 nitrogen and oxygen atoms in total. The van der Waals surface area contributed by atoms with E-state index in [1.54, 1.807) is 31.2 Å². The SMILES string of the molecule is CC(NC(=O)c1ccc(B(O)O)cc1F)c1cccc(Cl)c1. The minimum Gasteiger partial charge on any atom is -0.423 e. The van der Waals surface area contributed by atoms with E-state index in [1.807, 2.05) is 0 Å². The van der Waals surface area contributed by atoms with Crippen molar-refractivity contribution in [2.45, 2.75) is 13.0 Å². The third-order valence-electron chi connectivity index (χ3n) is 3.23. The molecule has 2 aromatic carbocycles. The van der Waals surface area contributed by atoms with Crippen LogP contribution in [0.5, 0.6) is 0 Å². The van der Waals surface area contributed by atoms with Crippen molar-refractivity contribution in [1.82, 2.24) is 5.32 Å². The zero-order valence-electron chi connectivity index (χ0n) is 11.8. The molecule has 0 bridgehead atoms. The third kappa shape index (κ3) is 3.85. The molecule has 22 heavy (non-hydrogen) atoms. The van der Waals surface area contributed by atoms with Crippen molar-refractivity contribution in [3.63, 3.8) is 0 Å². The summed E-state index contributed by atoms with van der Waals surface area (Å²) in [7, 11) is -1.78. The number of carbonyl (C=O) groups is 1. The molecule has 7 heteroatoms. The smallest absolute Gasteiger partial charge is 0.423 e. The molecule has 114 valence electrons. The lowest BCUT2D eigenvalue weighted by atomic mass is 9.80. The monoisotopic (exact) mass is 321 g/mol. The standard InChI is InChI=1S/C15H14BClFNO3/c1-9(10-3-2-4-12(17)7-10)19-15(20)13-6-5-11(16(21)22)8-14(13)18/h2-9,21-22H,1H3,(H,19,20). The van der Waals surface area contributed by atoms with Crippen LogP contribution < -0.4 is 10.8 Å². The van der Waals surface area contributed by atoms with Gasteiger partial charge in [-0.25, -0.2) is 4.39 Å². The molecule has 1 atom stereocenters. The minimum absolute atomic E-state index is 0.0167. The first-order valence-electron chi connectivity index (χ1n) is 6.60. The van der Waals surface area contributed by atoms with E-state index in [1.165, 1.54) is 12.1 Å². The van der Waals surface area contributed by atoms with Gasteiger partial charge in [-0.3, -0.25) is 4.79 Å². The number of carbonyl (C=O) groups excluding carboxylic acids is 1. The molecule has 0 heterocycles. The van der Waals surface area contributed by atoms with Crippen LogP contribution in [-0.2, 0) is 0 Å². The van der Waals surface area contributed by atoms with Gasteiger partial charge in [-0.1, -0.05) is 29.8 Å². The molecule has 0 saturated carbocycles. The Hall–Kier alpha value is -1.89. The first kappa shape index (κ1) is 16.5. The summed E-state index contributed by atoms with van der Waals surface area (Å²) in [6.07, 6.45) is 0. The van der Waals surface area contributed by atoms with E-state index in [2.05, 4.69) is 5.32 Å². The van der Waals surface area contributed by atoms with Crippen molar-refractivity contribution >= 4 is 30.1 Å². The van der Waals surface area contributed by atoms with E-state index in [0.717, 1.165) is 11.6 Å². The van der Waals surface area contributed by atoms with Gasteiger partial charge in [-0.15, -0.1) is 0 Å². The highest BCUT2D eigenvalue weighted by atomic mass is 35.5. The average molecular weight is 322 g/mol. The van der Waals surface area contributed by atoms with Crippen LogP contribution in [0.15, 0.2) is 42.5 Å². The summed E-state index contributed by atoms with van der Waals surface area (Å²) >= 11 is 5.89. The number of halogens is 2. The van der Waals surface area contributed by atoms with E-state index < -0.39 is 18.8 Å². The minimum atomic E-state index is -1.78. The van der Waals surface area contributed by atoms with E-state index in [0.29, 0.717) is 5.02 Å². The predicted octanol–water partition coefficient (Wildman–Crippen LogP) is 1.65. The first-order chi connectivity index (χ1) is 10.4. The van der Waals surface area contributed by atoms with E-state index in [4.69, 9.17) is 21.6 Å². The van der Waals surface area contributed by atoms with Crippen LogP contribution in [0, 0.1) is 5.82 Å². The number of amides is 1. The Morgan fingerprint density at radius 3 is 2.59 bits per heavy atom. The van der Waals surface area contributed by atoms with Gasteiger partial charge in [-0.2, -0.15) is 0 Å². The topological polar surface area (TPSA) is 69.6 Å². The van der Waals surface area contributed by atoms with Gasteiger partial charge in [0.1, 0.15) is 5.82 Å². The molecule has 2 rings (SSSR count). The molecular weight excluding hydrogens is 307 g/mol. The molecule has 1 unspecified atom stereocenters. The van der Waals surface area contributed by atoms with Crippen LogP contribution in [0.4, 0.5) is 4.39 Å². The maximum Gasteiger partial charge on any atom is 0.488 e. The summed E-state index contributed by atoms with van der Waals surface area (Å²) in [6, 6.07) is 10.1. The number of hydrogen-bond donors (Lipinski definition) is 3. The fourth-order valence-corrected chi connectivity index (χ4v) is 2.21. The summed E-state index contributed by atoms with van der Waals surface area (Å²) < 4.78 is 13.9. The Morgan fingerprint density at radius 1 is 1.27 bits per heavy atom. The van der Waals surface area contributed by atoms with Crippen LogP contribution in [0.2, 0.25) is 5.02 Å². The Bertz CT molecular complexity index is 696. The third-order valence-corrected chi connectivity index (χ3v) is 3.47. The molecule has 2 aromatic rings. The number of benzene rings is 2. The normalized spacial score (nSPS) is 11.9. The molecule has 0 aliphatic rings. The Balaban J connectivity index is 2.15. The molecule has 0 spiro atoms. The highest BCUT2D eigenvalue weighted by molar-refractivity contribution is 6.58. The maximum absolute atomic E-state index is 13.9. The number of nitrogens with one attached hydrogen (secondary N) is 1.